The standard InChI is InChI=1S/C26H19FN6O2/c27-21-13-7-8-14-23(21)32-16-15-22(30-32)26(35)29-28-25(34)20-17-33(19-11-5-2-6-12-19)31-24(20)18-9-3-1-4-10-18/h1-17H,(H,28,34)(H,29,35). The molecular weight excluding hydrogens is 447 g/mol. The fourth-order valence-electron chi connectivity index (χ4n) is 3.52. The predicted octanol–water partition coefficient (Wildman–Crippen LogP) is 3.94. The highest BCUT2D eigenvalue weighted by Gasteiger charge is 2.20. The highest BCUT2D eigenvalue weighted by atomic mass is 19.1. The van der Waals surface area contributed by atoms with E-state index in [9.17, 15) is 14.0 Å². The Labute approximate surface area is 199 Å². The van der Waals surface area contributed by atoms with Gasteiger partial charge in [-0.15, -0.1) is 0 Å². The van der Waals surface area contributed by atoms with Gasteiger partial charge in [-0.2, -0.15) is 10.2 Å². The van der Waals surface area contributed by atoms with E-state index in [2.05, 4.69) is 21.0 Å². The van der Waals surface area contributed by atoms with Crippen LogP contribution in [0.2, 0.25) is 0 Å². The minimum Gasteiger partial charge on any atom is -0.267 e. The number of nitrogens with one attached hydrogen (secondary N) is 2. The van der Waals surface area contributed by atoms with Crippen LogP contribution in [0.5, 0.6) is 0 Å². The van der Waals surface area contributed by atoms with E-state index in [-0.39, 0.29) is 16.9 Å². The molecule has 3 aromatic carbocycles. The molecule has 2 aromatic heterocycles. The average molecular weight is 466 g/mol. The normalized spacial score (nSPS) is 10.7. The zero-order chi connectivity index (χ0) is 24.2. The Balaban J connectivity index is 1.36. The van der Waals surface area contributed by atoms with Crippen molar-refractivity contribution in [2.24, 2.45) is 0 Å². The lowest BCUT2D eigenvalue weighted by Crippen LogP contribution is -2.41. The number of nitrogens with zero attached hydrogens (tertiary/aromatic N) is 4. The summed E-state index contributed by atoms with van der Waals surface area (Å²) in [5, 5.41) is 8.69. The number of amides is 2. The molecule has 0 saturated carbocycles. The number of para-hydroxylation sites is 2. The topological polar surface area (TPSA) is 93.8 Å². The van der Waals surface area contributed by atoms with Gasteiger partial charge in [0, 0.05) is 18.0 Å². The summed E-state index contributed by atoms with van der Waals surface area (Å²) in [7, 11) is 0. The van der Waals surface area contributed by atoms with Crippen molar-refractivity contribution in [2.75, 3.05) is 0 Å². The molecule has 0 aliphatic rings. The van der Waals surface area contributed by atoms with E-state index >= 15 is 0 Å². The van der Waals surface area contributed by atoms with E-state index in [0.29, 0.717) is 5.69 Å². The Morgan fingerprint density at radius 1 is 0.714 bits per heavy atom. The molecule has 9 heteroatoms. The van der Waals surface area contributed by atoms with Gasteiger partial charge in [0.15, 0.2) is 5.69 Å². The van der Waals surface area contributed by atoms with Gasteiger partial charge in [0.1, 0.15) is 17.2 Å². The highest BCUT2D eigenvalue weighted by molar-refractivity contribution is 6.02. The fraction of sp³-hybridized carbons (Fsp3) is 0. The molecule has 0 radical (unpaired) electrons. The summed E-state index contributed by atoms with van der Waals surface area (Å²) in [6.45, 7) is 0. The van der Waals surface area contributed by atoms with Crippen molar-refractivity contribution in [3.8, 4) is 22.6 Å². The van der Waals surface area contributed by atoms with Crippen LogP contribution < -0.4 is 10.9 Å². The van der Waals surface area contributed by atoms with Crippen LogP contribution in [-0.2, 0) is 0 Å². The van der Waals surface area contributed by atoms with Crippen molar-refractivity contribution in [1.82, 2.24) is 30.4 Å². The second kappa shape index (κ2) is 9.44. The molecule has 172 valence electrons. The van der Waals surface area contributed by atoms with E-state index < -0.39 is 17.6 Å². The monoisotopic (exact) mass is 466 g/mol. The predicted molar refractivity (Wildman–Crippen MR) is 127 cm³/mol. The van der Waals surface area contributed by atoms with Crippen LogP contribution in [0.1, 0.15) is 20.8 Å². The van der Waals surface area contributed by atoms with Crippen molar-refractivity contribution >= 4 is 11.8 Å². The lowest BCUT2D eigenvalue weighted by atomic mass is 10.1. The second-order valence-electron chi connectivity index (χ2n) is 7.54. The molecule has 5 rings (SSSR count). The molecule has 0 fully saturated rings. The highest BCUT2D eigenvalue weighted by Crippen LogP contribution is 2.23. The van der Waals surface area contributed by atoms with Crippen LogP contribution in [0.25, 0.3) is 22.6 Å². The molecule has 0 unspecified atom stereocenters. The Kier molecular flexibility index (Phi) is 5.87. The van der Waals surface area contributed by atoms with Gasteiger partial charge >= 0.3 is 0 Å². The van der Waals surface area contributed by atoms with E-state index in [1.165, 1.54) is 23.0 Å². The van der Waals surface area contributed by atoms with Gasteiger partial charge in [-0.25, -0.2) is 13.8 Å². The first kappa shape index (κ1) is 21.8. The zero-order valence-corrected chi connectivity index (χ0v) is 18.3. The van der Waals surface area contributed by atoms with Crippen LogP contribution in [0.15, 0.2) is 103 Å². The Morgan fingerprint density at radius 3 is 2.11 bits per heavy atom. The Morgan fingerprint density at radius 2 is 1.37 bits per heavy atom. The Bertz CT molecular complexity index is 1490. The molecule has 2 N–H and O–H groups in total. The molecule has 0 aliphatic heterocycles. The molecule has 35 heavy (non-hydrogen) atoms. The van der Waals surface area contributed by atoms with Crippen molar-refractivity contribution in [1.29, 1.82) is 0 Å². The van der Waals surface area contributed by atoms with Crippen LogP contribution in [0.4, 0.5) is 4.39 Å². The van der Waals surface area contributed by atoms with Crippen LogP contribution in [0, 0.1) is 5.82 Å². The number of halogens is 1. The van der Waals surface area contributed by atoms with E-state index in [1.807, 2.05) is 60.7 Å². The number of carbonyl (C=O) groups is 2. The minimum absolute atomic E-state index is 0.0109. The number of rotatable bonds is 5. The summed E-state index contributed by atoms with van der Waals surface area (Å²) in [4.78, 5) is 25.6. The number of benzene rings is 3. The largest absolute Gasteiger partial charge is 0.290 e. The summed E-state index contributed by atoms with van der Waals surface area (Å²) >= 11 is 0. The van der Waals surface area contributed by atoms with Crippen LogP contribution in [-0.4, -0.2) is 31.4 Å². The summed E-state index contributed by atoms with van der Waals surface area (Å²) in [5.41, 5.74) is 7.27. The maximum absolute atomic E-state index is 14.0. The summed E-state index contributed by atoms with van der Waals surface area (Å²) in [6.07, 6.45) is 3.07. The van der Waals surface area contributed by atoms with Gasteiger partial charge in [-0.1, -0.05) is 60.7 Å². The van der Waals surface area contributed by atoms with Crippen LogP contribution >= 0.6 is 0 Å². The SMILES string of the molecule is O=C(NNC(=O)c1cn(-c2ccccc2)nc1-c1ccccc1)c1ccn(-c2ccccc2F)n1. The zero-order valence-electron chi connectivity index (χ0n) is 18.3. The molecule has 2 heterocycles. The quantitative estimate of drug-likeness (QED) is 0.384. The number of hydrogen-bond donors (Lipinski definition) is 2. The van der Waals surface area contributed by atoms with E-state index in [0.717, 1.165) is 11.3 Å². The van der Waals surface area contributed by atoms with Gasteiger partial charge in [0.25, 0.3) is 11.8 Å². The molecule has 0 atom stereocenters. The van der Waals surface area contributed by atoms with Crippen LogP contribution in [0.3, 0.4) is 0 Å². The summed E-state index contributed by atoms with van der Waals surface area (Å²) in [5.74, 6) is -1.67. The Hall–Kier alpha value is -5.05. The van der Waals surface area contributed by atoms with Crippen molar-refractivity contribution in [2.45, 2.75) is 0 Å². The number of hydrogen-bond acceptors (Lipinski definition) is 4. The lowest BCUT2D eigenvalue weighted by molar-refractivity contribution is 0.0844. The molecule has 0 spiro atoms. The maximum Gasteiger partial charge on any atom is 0.290 e. The molecule has 8 nitrogen and oxygen atoms in total. The lowest BCUT2D eigenvalue weighted by Gasteiger charge is -2.06. The summed E-state index contributed by atoms with van der Waals surface area (Å²) in [6, 6.07) is 26.2. The fourth-order valence-corrected chi connectivity index (χ4v) is 3.52. The first-order valence-electron chi connectivity index (χ1n) is 10.7. The van der Waals surface area contributed by atoms with E-state index in [1.54, 1.807) is 29.1 Å². The third kappa shape index (κ3) is 4.55. The smallest absolute Gasteiger partial charge is 0.267 e. The molecule has 5 aromatic rings. The van der Waals surface area contributed by atoms with Crippen molar-refractivity contribution < 1.29 is 14.0 Å². The van der Waals surface area contributed by atoms with E-state index in [4.69, 9.17) is 0 Å². The minimum atomic E-state index is -0.648. The second-order valence-corrected chi connectivity index (χ2v) is 7.54. The summed E-state index contributed by atoms with van der Waals surface area (Å²) < 4.78 is 16.9. The third-order valence-electron chi connectivity index (χ3n) is 5.24. The van der Waals surface area contributed by atoms with Crippen molar-refractivity contribution in [3.05, 3.63) is 120 Å². The van der Waals surface area contributed by atoms with Gasteiger partial charge in [-0.3, -0.25) is 20.4 Å². The number of aromatic nitrogens is 4. The molecule has 0 saturated heterocycles. The average Bonchev–Trinajstić information content (AvgIpc) is 3.57. The third-order valence-corrected chi connectivity index (χ3v) is 5.24. The first-order valence-corrected chi connectivity index (χ1v) is 10.7. The molecule has 0 aliphatic carbocycles. The molecule has 0 bridgehead atoms. The van der Waals surface area contributed by atoms with Gasteiger partial charge in [0.05, 0.1) is 11.3 Å². The maximum atomic E-state index is 14.0. The van der Waals surface area contributed by atoms with Gasteiger partial charge < -0.3 is 0 Å². The number of hydrazine groups is 1. The van der Waals surface area contributed by atoms with Crippen molar-refractivity contribution in [3.63, 3.8) is 0 Å². The molecular formula is C26H19FN6O2. The molecule has 2 amide bonds. The first-order chi connectivity index (χ1) is 17.1. The van der Waals surface area contributed by atoms with Gasteiger partial charge in [-0.05, 0) is 30.3 Å². The van der Waals surface area contributed by atoms with Gasteiger partial charge in [0.2, 0.25) is 0 Å². The number of carbonyl (C=O) groups excluding carboxylic acids is 2.